The number of nitrogens with two attached hydrogens (primary N) is 1. The van der Waals surface area contributed by atoms with Crippen LogP contribution < -0.4 is 5.73 Å². The Kier molecular flexibility index (Phi) is 5.86. The smallest absolute Gasteiger partial charge is 0.296 e. The maximum absolute atomic E-state index is 11.9. The zero-order valence-electron chi connectivity index (χ0n) is 17.4. The van der Waals surface area contributed by atoms with E-state index in [0.717, 1.165) is 11.3 Å². The fourth-order valence-corrected chi connectivity index (χ4v) is 3.74. The number of fused-ring (bicyclic) bond motifs is 1. The van der Waals surface area contributed by atoms with E-state index in [0.29, 0.717) is 27.8 Å². The zero-order chi connectivity index (χ0) is 23.6. The van der Waals surface area contributed by atoms with Gasteiger partial charge in [0.05, 0.1) is 17.1 Å². The van der Waals surface area contributed by atoms with Crippen molar-refractivity contribution in [3.05, 3.63) is 78.4 Å². The van der Waals surface area contributed by atoms with Crippen molar-refractivity contribution in [2.24, 2.45) is 20.5 Å². The van der Waals surface area contributed by atoms with Crippen LogP contribution in [-0.2, 0) is 10.1 Å². The molecule has 4 aromatic rings. The van der Waals surface area contributed by atoms with Gasteiger partial charge in [0, 0.05) is 11.1 Å². The lowest BCUT2D eigenvalue weighted by Crippen LogP contribution is -1.99. The summed E-state index contributed by atoms with van der Waals surface area (Å²) in [7, 11) is -4.69. The van der Waals surface area contributed by atoms with Gasteiger partial charge < -0.3 is 10.8 Å². The van der Waals surface area contributed by atoms with Gasteiger partial charge in [0.1, 0.15) is 10.6 Å². The average molecular weight is 462 g/mol. The van der Waals surface area contributed by atoms with E-state index in [2.05, 4.69) is 20.5 Å². The van der Waals surface area contributed by atoms with Gasteiger partial charge in [-0.2, -0.15) is 23.8 Å². The molecule has 0 aliphatic heterocycles. The fraction of sp³-hybridized carbons (Fsp3) is 0.0435. The Hall–Kier alpha value is -4.15. The molecule has 0 bridgehead atoms. The number of rotatable bonds is 5. The number of hydrogen-bond donors (Lipinski definition) is 3. The van der Waals surface area contributed by atoms with E-state index >= 15 is 0 Å². The summed E-state index contributed by atoms with van der Waals surface area (Å²) in [5, 5.41) is 27.5. The third-order valence-electron chi connectivity index (χ3n) is 4.78. The molecule has 0 heterocycles. The van der Waals surface area contributed by atoms with Crippen LogP contribution in [0.4, 0.5) is 28.4 Å². The Balaban J connectivity index is 1.64. The summed E-state index contributed by atoms with van der Waals surface area (Å²) in [5.41, 5.74) is 8.53. The summed E-state index contributed by atoms with van der Waals surface area (Å²) in [6, 6.07) is 19.9. The molecule has 4 rings (SSSR count). The normalized spacial score (nSPS) is 12.2. The number of nitrogens with zero attached hydrogens (tertiary/aromatic N) is 4. The molecule has 10 heteroatoms. The zero-order valence-corrected chi connectivity index (χ0v) is 18.2. The monoisotopic (exact) mass is 461 g/mol. The minimum atomic E-state index is -4.69. The first-order valence-corrected chi connectivity index (χ1v) is 11.2. The Morgan fingerprint density at radius 1 is 0.758 bits per heavy atom. The molecule has 0 saturated heterocycles. The molecule has 0 aromatic heterocycles. The molecule has 0 saturated carbocycles. The topological polar surface area (TPSA) is 150 Å². The standard InChI is InChI=1S/C23H19N5O4S/c1-14-2-5-17(6-3-14)25-26-18-7-9-19(10-8-18)27-28-22-21(33(30,31)32)13-15-12-16(24)4-11-20(15)23(22)29/h2-13,29H,24H2,1H3,(H,30,31,32)/b26-25-,28-27-. The van der Waals surface area contributed by atoms with E-state index in [1.165, 1.54) is 18.2 Å². The van der Waals surface area contributed by atoms with Crippen LogP contribution in [0.5, 0.6) is 5.75 Å². The van der Waals surface area contributed by atoms with Gasteiger partial charge in [-0.25, -0.2) is 0 Å². The Morgan fingerprint density at radius 3 is 1.82 bits per heavy atom. The lowest BCUT2D eigenvalue weighted by atomic mass is 10.1. The number of aromatic hydroxyl groups is 1. The summed E-state index contributed by atoms with van der Waals surface area (Å²) < 4.78 is 33.4. The van der Waals surface area contributed by atoms with Gasteiger partial charge in [-0.05, 0) is 73.0 Å². The Bertz CT molecular complexity index is 1500. The highest BCUT2D eigenvalue weighted by Crippen LogP contribution is 2.41. The number of aryl methyl sites for hydroxylation is 1. The average Bonchev–Trinajstić information content (AvgIpc) is 2.78. The second-order valence-electron chi connectivity index (χ2n) is 7.28. The molecule has 0 fully saturated rings. The maximum Gasteiger partial charge on any atom is 0.296 e. The van der Waals surface area contributed by atoms with Crippen molar-refractivity contribution in [2.45, 2.75) is 11.8 Å². The summed E-state index contributed by atoms with van der Waals surface area (Å²) >= 11 is 0. The van der Waals surface area contributed by atoms with Gasteiger partial charge in [-0.15, -0.1) is 5.11 Å². The second kappa shape index (κ2) is 8.77. The largest absolute Gasteiger partial charge is 0.505 e. The molecule has 0 atom stereocenters. The van der Waals surface area contributed by atoms with E-state index in [9.17, 15) is 18.1 Å². The maximum atomic E-state index is 11.9. The van der Waals surface area contributed by atoms with Crippen molar-refractivity contribution in [1.82, 2.24) is 0 Å². The van der Waals surface area contributed by atoms with Crippen LogP contribution in [0.15, 0.2) is 98.1 Å². The molecule has 0 aliphatic rings. The summed E-state index contributed by atoms with van der Waals surface area (Å²) in [4.78, 5) is -0.578. The van der Waals surface area contributed by atoms with Gasteiger partial charge in [0.25, 0.3) is 10.1 Å². The highest BCUT2D eigenvalue weighted by Gasteiger charge is 2.22. The van der Waals surface area contributed by atoms with Gasteiger partial charge in [0.15, 0.2) is 5.75 Å². The molecular formula is C23H19N5O4S. The number of anilines is 1. The van der Waals surface area contributed by atoms with Crippen LogP contribution in [0.3, 0.4) is 0 Å². The second-order valence-corrected chi connectivity index (χ2v) is 8.67. The molecule has 0 amide bonds. The molecule has 0 aliphatic carbocycles. The van der Waals surface area contributed by atoms with Crippen molar-refractivity contribution < 1.29 is 18.1 Å². The summed E-state index contributed by atoms with van der Waals surface area (Å²) in [6.07, 6.45) is 0. The quantitative estimate of drug-likeness (QED) is 0.176. The summed E-state index contributed by atoms with van der Waals surface area (Å²) in [6.45, 7) is 1.99. The van der Waals surface area contributed by atoms with Crippen molar-refractivity contribution in [1.29, 1.82) is 0 Å². The molecular weight excluding hydrogens is 442 g/mol. The van der Waals surface area contributed by atoms with Gasteiger partial charge in [-0.1, -0.05) is 17.7 Å². The number of benzene rings is 4. The van der Waals surface area contributed by atoms with Crippen LogP contribution in [-0.4, -0.2) is 18.1 Å². The Morgan fingerprint density at radius 2 is 1.27 bits per heavy atom. The van der Waals surface area contributed by atoms with E-state index in [1.54, 1.807) is 30.3 Å². The van der Waals surface area contributed by atoms with Crippen molar-refractivity contribution in [3.63, 3.8) is 0 Å². The van der Waals surface area contributed by atoms with E-state index < -0.39 is 20.8 Å². The summed E-state index contributed by atoms with van der Waals surface area (Å²) in [5.74, 6) is -0.438. The molecule has 9 nitrogen and oxygen atoms in total. The van der Waals surface area contributed by atoms with Gasteiger partial charge >= 0.3 is 0 Å². The molecule has 0 unspecified atom stereocenters. The predicted molar refractivity (Wildman–Crippen MR) is 126 cm³/mol. The van der Waals surface area contributed by atoms with Crippen LogP contribution in [0.1, 0.15) is 5.56 Å². The Labute approximate surface area is 189 Å². The van der Waals surface area contributed by atoms with E-state index in [-0.39, 0.29) is 5.69 Å². The number of phenols is 1. The highest BCUT2D eigenvalue weighted by atomic mass is 32.2. The predicted octanol–water partition coefficient (Wildman–Crippen LogP) is 6.51. The molecule has 166 valence electrons. The number of hydrogen-bond acceptors (Lipinski definition) is 8. The molecule has 0 radical (unpaired) electrons. The van der Waals surface area contributed by atoms with Gasteiger partial charge in [-0.3, -0.25) is 4.55 Å². The molecule has 0 spiro atoms. The SMILES string of the molecule is Cc1ccc(/N=N\c2ccc(/N=N\c3c(S(=O)(=O)O)cc4cc(N)ccc4c3O)cc2)cc1. The minimum Gasteiger partial charge on any atom is -0.505 e. The lowest BCUT2D eigenvalue weighted by molar-refractivity contribution is 0.472. The van der Waals surface area contributed by atoms with Crippen molar-refractivity contribution in [3.8, 4) is 5.75 Å². The number of nitrogen functional groups attached to an aromatic ring is 1. The molecule has 4 aromatic carbocycles. The van der Waals surface area contributed by atoms with Crippen LogP contribution in [0, 0.1) is 6.92 Å². The third kappa shape index (κ3) is 5.03. The first kappa shape index (κ1) is 22.1. The van der Waals surface area contributed by atoms with Crippen LogP contribution in [0.25, 0.3) is 10.8 Å². The molecule has 33 heavy (non-hydrogen) atoms. The fourth-order valence-electron chi connectivity index (χ4n) is 3.08. The third-order valence-corrected chi connectivity index (χ3v) is 5.65. The molecule has 4 N–H and O–H groups in total. The lowest BCUT2D eigenvalue weighted by Gasteiger charge is -2.09. The number of phenolic OH excluding ortho intramolecular Hbond substituents is 1. The first-order chi connectivity index (χ1) is 15.7. The van der Waals surface area contributed by atoms with Gasteiger partial charge in [0.2, 0.25) is 0 Å². The van der Waals surface area contributed by atoms with E-state index in [1.807, 2.05) is 31.2 Å². The minimum absolute atomic E-state index is 0.317. The van der Waals surface area contributed by atoms with Crippen molar-refractivity contribution >= 4 is 49.3 Å². The van der Waals surface area contributed by atoms with Crippen LogP contribution >= 0.6 is 0 Å². The van der Waals surface area contributed by atoms with Crippen molar-refractivity contribution in [2.75, 3.05) is 5.73 Å². The van der Waals surface area contributed by atoms with Crippen LogP contribution in [0.2, 0.25) is 0 Å². The van der Waals surface area contributed by atoms with E-state index in [4.69, 9.17) is 5.73 Å². The number of azo groups is 2. The first-order valence-electron chi connectivity index (χ1n) is 9.73. The highest BCUT2D eigenvalue weighted by molar-refractivity contribution is 7.86.